The maximum atomic E-state index is 12.8. The first kappa shape index (κ1) is 20.7. The van der Waals surface area contributed by atoms with Crippen molar-refractivity contribution in [2.75, 3.05) is 52.4 Å². The van der Waals surface area contributed by atoms with Crippen LogP contribution in [0, 0.1) is 0 Å². The van der Waals surface area contributed by atoms with Gasteiger partial charge in [-0.2, -0.15) is 0 Å². The molecule has 1 N–H and O–H groups in total. The molecule has 0 bridgehead atoms. The summed E-state index contributed by atoms with van der Waals surface area (Å²) in [6.45, 7) is 7.22. The number of para-hydroxylation sites is 1. The SMILES string of the molecule is CCN1CCN(C(=O)CN2CC[C@@]3(CCC2=O)CNC(=O)c2ccccc2O3)CC1. The van der Waals surface area contributed by atoms with E-state index in [0.29, 0.717) is 56.8 Å². The summed E-state index contributed by atoms with van der Waals surface area (Å²) in [5.41, 5.74) is -0.120. The second kappa shape index (κ2) is 8.63. The lowest BCUT2D eigenvalue weighted by Crippen LogP contribution is -2.51. The Labute approximate surface area is 177 Å². The topological polar surface area (TPSA) is 82.2 Å². The Morgan fingerprint density at radius 3 is 2.63 bits per heavy atom. The largest absolute Gasteiger partial charge is 0.485 e. The van der Waals surface area contributed by atoms with Crippen molar-refractivity contribution in [3.8, 4) is 5.75 Å². The fraction of sp³-hybridized carbons (Fsp3) is 0.591. The van der Waals surface area contributed by atoms with Gasteiger partial charge in [-0.05, 0) is 25.1 Å². The highest BCUT2D eigenvalue weighted by molar-refractivity contribution is 5.97. The van der Waals surface area contributed by atoms with Gasteiger partial charge in [-0.15, -0.1) is 0 Å². The van der Waals surface area contributed by atoms with E-state index in [2.05, 4.69) is 17.1 Å². The van der Waals surface area contributed by atoms with Crippen molar-refractivity contribution in [1.82, 2.24) is 20.0 Å². The van der Waals surface area contributed by atoms with E-state index in [0.717, 1.165) is 19.6 Å². The predicted octanol–water partition coefficient (Wildman–Crippen LogP) is 0.724. The number of amides is 3. The molecule has 0 unspecified atom stereocenters. The molecule has 3 heterocycles. The van der Waals surface area contributed by atoms with E-state index in [9.17, 15) is 14.4 Å². The molecule has 1 aromatic rings. The molecule has 2 fully saturated rings. The van der Waals surface area contributed by atoms with Crippen molar-refractivity contribution in [3.05, 3.63) is 29.8 Å². The molecule has 162 valence electrons. The Morgan fingerprint density at radius 2 is 1.87 bits per heavy atom. The number of likely N-dealkylation sites (N-methyl/N-ethyl adjacent to an activating group) is 1. The van der Waals surface area contributed by atoms with Gasteiger partial charge in [0, 0.05) is 45.6 Å². The molecule has 0 aliphatic carbocycles. The summed E-state index contributed by atoms with van der Waals surface area (Å²) in [5, 5.41) is 2.95. The van der Waals surface area contributed by atoms with E-state index in [4.69, 9.17) is 4.74 Å². The average molecular weight is 415 g/mol. The lowest BCUT2D eigenvalue weighted by atomic mass is 9.94. The van der Waals surface area contributed by atoms with E-state index >= 15 is 0 Å². The van der Waals surface area contributed by atoms with Gasteiger partial charge >= 0.3 is 0 Å². The molecule has 3 aliphatic rings. The van der Waals surface area contributed by atoms with Crippen molar-refractivity contribution in [2.24, 2.45) is 0 Å². The number of carbonyl (C=O) groups is 3. The number of nitrogens with zero attached hydrogens (tertiary/aromatic N) is 3. The third-order valence-corrected chi connectivity index (χ3v) is 6.51. The molecule has 1 spiro atoms. The van der Waals surface area contributed by atoms with E-state index in [-0.39, 0.29) is 24.3 Å². The van der Waals surface area contributed by atoms with Crippen molar-refractivity contribution in [1.29, 1.82) is 0 Å². The molecule has 4 rings (SSSR count). The molecule has 1 aromatic carbocycles. The van der Waals surface area contributed by atoms with Crippen LogP contribution in [-0.4, -0.2) is 90.4 Å². The van der Waals surface area contributed by atoms with Crippen LogP contribution in [0.25, 0.3) is 0 Å². The summed E-state index contributed by atoms with van der Waals surface area (Å²) in [7, 11) is 0. The first-order chi connectivity index (χ1) is 14.5. The first-order valence-corrected chi connectivity index (χ1v) is 10.8. The van der Waals surface area contributed by atoms with Gasteiger partial charge in [-0.1, -0.05) is 19.1 Å². The molecule has 3 aliphatic heterocycles. The molecule has 0 saturated carbocycles. The van der Waals surface area contributed by atoms with Gasteiger partial charge in [0.05, 0.1) is 18.7 Å². The Hall–Kier alpha value is -2.61. The summed E-state index contributed by atoms with van der Waals surface area (Å²) in [5.74, 6) is 0.380. The number of fused-ring (bicyclic) bond motifs is 1. The van der Waals surface area contributed by atoms with Crippen LogP contribution in [0.15, 0.2) is 24.3 Å². The van der Waals surface area contributed by atoms with Gasteiger partial charge in [-0.25, -0.2) is 0 Å². The smallest absolute Gasteiger partial charge is 0.255 e. The van der Waals surface area contributed by atoms with Crippen molar-refractivity contribution < 1.29 is 19.1 Å². The second-order valence-electron chi connectivity index (χ2n) is 8.34. The van der Waals surface area contributed by atoms with Crippen LogP contribution in [0.4, 0.5) is 0 Å². The van der Waals surface area contributed by atoms with Crippen LogP contribution in [0.3, 0.4) is 0 Å². The fourth-order valence-corrected chi connectivity index (χ4v) is 4.45. The van der Waals surface area contributed by atoms with Gasteiger partial charge in [0.1, 0.15) is 11.4 Å². The highest BCUT2D eigenvalue weighted by Crippen LogP contribution is 2.33. The van der Waals surface area contributed by atoms with Crippen LogP contribution < -0.4 is 10.1 Å². The molecule has 1 atom stereocenters. The Morgan fingerprint density at radius 1 is 1.10 bits per heavy atom. The van der Waals surface area contributed by atoms with E-state index in [1.54, 1.807) is 17.0 Å². The average Bonchev–Trinajstić information content (AvgIpc) is 3.01. The summed E-state index contributed by atoms with van der Waals surface area (Å²) in [6.07, 6.45) is 1.39. The minimum atomic E-state index is -0.636. The third kappa shape index (κ3) is 4.28. The molecule has 0 aromatic heterocycles. The number of likely N-dealkylation sites (tertiary alicyclic amines) is 1. The number of hydrogen-bond acceptors (Lipinski definition) is 5. The van der Waals surface area contributed by atoms with Gasteiger partial charge in [0.15, 0.2) is 0 Å². The lowest BCUT2D eigenvalue weighted by molar-refractivity contribution is -0.141. The van der Waals surface area contributed by atoms with Crippen LogP contribution in [0.2, 0.25) is 0 Å². The summed E-state index contributed by atoms with van der Waals surface area (Å²) in [4.78, 5) is 43.8. The molecule has 2 saturated heterocycles. The standard InChI is InChI=1S/C22H30N4O4/c1-2-24-11-13-25(14-12-24)20(28)15-26-10-9-22(8-7-19(26)27)16-23-21(29)17-5-3-4-6-18(17)30-22/h3-6H,2,7-16H2,1H3,(H,23,29)/t22-/m0/s1. The number of piperazine rings is 1. The molecule has 8 heteroatoms. The van der Waals surface area contributed by atoms with Gasteiger partial charge < -0.3 is 24.8 Å². The summed E-state index contributed by atoms with van der Waals surface area (Å²) < 4.78 is 6.31. The normalized spacial score (nSPS) is 25.2. The molecule has 3 amide bonds. The van der Waals surface area contributed by atoms with E-state index in [1.165, 1.54) is 0 Å². The number of ether oxygens (including phenoxy) is 1. The monoisotopic (exact) mass is 414 g/mol. The molecule has 8 nitrogen and oxygen atoms in total. The van der Waals surface area contributed by atoms with Crippen molar-refractivity contribution in [3.63, 3.8) is 0 Å². The Bertz CT molecular complexity index is 821. The number of nitrogens with one attached hydrogen (secondary N) is 1. The minimum Gasteiger partial charge on any atom is -0.485 e. The number of carbonyl (C=O) groups excluding carboxylic acids is 3. The molecular formula is C22H30N4O4. The van der Waals surface area contributed by atoms with Gasteiger partial charge in [-0.3, -0.25) is 14.4 Å². The maximum Gasteiger partial charge on any atom is 0.255 e. The van der Waals surface area contributed by atoms with Crippen LogP contribution in [-0.2, 0) is 9.59 Å². The maximum absolute atomic E-state index is 12.8. The second-order valence-corrected chi connectivity index (χ2v) is 8.34. The zero-order chi connectivity index (χ0) is 21.1. The van der Waals surface area contributed by atoms with E-state index < -0.39 is 5.60 Å². The number of rotatable bonds is 3. The Kier molecular flexibility index (Phi) is 5.94. The third-order valence-electron chi connectivity index (χ3n) is 6.51. The Balaban J connectivity index is 1.41. The van der Waals surface area contributed by atoms with Crippen molar-refractivity contribution in [2.45, 2.75) is 31.8 Å². The van der Waals surface area contributed by atoms with Gasteiger partial charge in [0.2, 0.25) is 11.8 Å². The highest BCUT2D eigenvalue weighted by atomic mass is 16.5. The zero-order valence-corrected chi connectivity index (χ0v) is 17.6. The van der Waals surface area contributed by atoms with Crippen LogP contribution in [0.5, 0.6) is 5.75 Å². The predicted molar refractivity (Wildman–Crippen MR) is 111 cm³/mol. The fourth-order valence-electron chi connectivity index (χ4n) is 4.45. The zero-order valence-electron chi connectivity index (χ0n) is 17.6. The quantitative estimate of drug-likeness (QED) is 0.788. The minimum absolute atomic E-state index is 0.00971. The molecular weight excluding hydrogens is 384 g/mol. The van der Waals surface area contributed by atoms with E-state index in [1.807, 2.05) is 17.0 Å². The van der Waals surface area contributed by atoms with Crippen molar-refractivity contribution >= 4 is 17.7 Å². The van der Waals surface area contributed by atoms with Crippen LogP contribution >= 0.6 is 0 Å². The number of hydrogen-bond donors (Lipinski definition) is 1. The summed E-state index contributed by atoms with van der Waals surface area (Å²) >= 11 is 0. The highest BCUT2D eigenvalue weighted by Gasteiger charge is 2.40. The number of benzene rings is 1. The van der Waals surface area contributed by atoms with Crippen LogP contribution in [0.1, 0.15) is 36.5 Å². The lowest BCUT2D eigenvalue weighted by Gasteiger charge is -2.35. The first-order valence-electron chi connectivity index (χ1n) is 10.8. The van der Waals surface area contributed by atoms with Gasteiger partial charge in [0.25, 0.3) is 5.91 Å². The molecule has 30 heavy (non-hydrogen) atoms. The summed E-state index contributed by atoms with van der Waals surface area (Å²) in [6, 6.07) is 7.20. The molecule has 0 radical (unpaired) electrons.